The quantitative estimate of drug-likeness (QED) is 0.777. The van der Waals surface area contributed by atoms with E-state index in [1.54, 1.807) is 0 Å². The van der Waals surface area contributed by atoms with Crippen LogP contribution in [0.15, 0.2) is 12.1 Å². The van der Waals surface area contributed by atoms with Crippen LogP contribution in [0.2, 0.25) is 0 Å². The van der Waals surface area contributed by atoms with Crippen LogP contribution in [0.5, 0.6) is 5.75 Å². The van der Waals surface area contributed by atoms with Gasteiger partial charge >= 0.3 is 0 Å². The first-order valence-corrected chi connectivity index (χ1v) is 5.76. The Morgan fingerprint density at radius 3 is 2.60 bits per heavy atom. The van der Waals surface area contributed by atoms with E-state index in [0.717, 1.165) is 19.3 Å². The highest BCUT2D eigenvalue weighted by molar-refractivity contribution is 5.46. The monoisotopic (exact) mass is 205 g/mol. The molecule has 2 heteroatoms. The Hall–Kier alpha value is -1.02. The van der Waals surface area contributed by atoms with Crippen molar-refractivity contribution in [2.45, 2.75) is 45.1 Å². The number of rotatable bonds is 2. The molecule has 1 aromatic carbocycles. The van der Waals surface area contributed by atoms with Crippen molar-refractivity contribution in [1.82, 2.24) is 0 Å². The Bertz CT molecular complexity index is 358. The van der Waals surface area contributed by atoms with Gasteiger partial charge in [-0.05, 0) is 61.8 Å². The predicted octanol–water partition coefficient (Wildman–Crippen LogP) is 2.16. The highest BCUT2D eigenvalue weighted by Gasteiger charge is 2.16. The van der Waals surface area contributed by atoms with Gasteiger partial charge in [0, 0.05) is 6.04 Å². The first-order chi connectivity index (χ1) is 7.18. The molecule has 82 valence electrons. The smallest absolute Gasteiger partial charge is 0.119 e. The number of phenols is 1. The van der Waals surface area contributed by atoms with Gasteiger partial charge in [-0.25, -0.2) is 0 Å². The summed E-state index contributed by atoms with van der Waals surface area (Å²) in [5.41, 5.74) is 9.69. The van der Waals surface area contributed by atoms with Crippen molar-refractivity contribution in [1.29, 1.82) is 0 Å². The Morgan fingerprint density at radius 2 is 1.93 bits per heavy atom. The second-order valence-electron chi connectivity index (χ2n) is 4.59. The fourth-order valence-corrected chi connectivity index (χ4v) is 2.46. The zero-order chi connectivity index (χ0) is 10.8. The van der Waals surface area contributed by atoms with Crippen LogP contribution in [-0.2, 0) is 19.3 Å². The maximum Gasteiger partial charge on any atom is 0.119 e. The number of fused-ring (bicyclic) bond motifs is 1. The van der Waals surface area contributed by atoms with Crippen LogP contribution in [0.1, 0.15) is 36.5 Å². The molecule has 3 N–H and O–H groups in total. The van der Waals surface area contributed by atoms with Crippen LogP contribution in [-0.4, -0.2) is 11.1 Å². The van der Waals surface area contributed by atoms with Crippen LogP contribution >= 0.6 is 0 Å². The van der Waals surface area contributed by atoms with E-state index in [9.17, 15) is 5.11 Å². The standard InChI is InChI=1S/C13H19NO/c1-9(14)8-10-6-7-13(15)12-5-3-2-4-11(10)12/h6-7,9,15H,2-5,8,14H2,1H3. The highest BCUT2D eigenvalue weighted by Crippen LogP contribution is 2.31. The third-order valence-corrected chi connectivity index (χ3v) is 3.15. The number of benzene rings is 1. The number of nitrogens with two attached hydrogens (primary N) is 1. The van der Waals surface area contributed by atoms with Gasteiger partial charge in [0.25, 0.3) is 0 Å². The molecule has 0 saturated heterocycles. The topological polar surface area (TPSA) is 46.2 Å². The Kier molecular flexibility index (Phi) is 2.96. The summed E-state index contributed by atoms with van der Waals surface area (Å²) in [6.45, 7) is 2.03. The molecule has 0 amide bonds. The lowest BCUT2D eigenvalue weighted by molar-refractivity contribution is 0.461. The first kappa shape index (κ1) is 10.5. The molecule has 0 bridgehead atoms. The second-order valence-corrected chi connectivity index (χ2v) is 4.59. The summed E-state index contributed by atoms with van der Waals surface area (Å²) >= 11 is 0. The summed E-state index contributed by atoms with van der Waals surface area (Å²) in [7, 11) is 0. The van der Waals surface area contributed by atoms with Gasteiger partial charge in [-0.1, -0.05) is 6.07 Å². The molecular formula is C13H19NO. The van der Waals surface area contributed by atoms with E-state index >= 15 is 0 Å². The molecule has 1 unspecified atom stereocenters. The van der Waals surface area contributed by atoms with E-state index in [1.165, 1.54) is 29.5 Å². The van der Waals surface area contributed by atoms with Gasteiger partial charge in [0.1, 0.15) is 5.75 Å². The van der Waals surface area contributed by atoms with E-state index in [2.05, 4.69) is 0 Å². The van der Waals surface area contributed by atoms with Gasteiger partial charge in [0.15, 0.2) is 0 Å². The third-order valence-electron chi connectivity index (χ3n) is 3.15. The number of hydrogen-bond donors (Lipinski definition) is 2. The fourth-order valence-electron chi connectivity index (χ4n) is 2.46. The maximum absolute atomic E-state index is 9.78. The van der Waals surface area contributed by atoms with Crippen LogP contribution < -0.4 is 5.73 Å². The molecule has 0 aliphatic heterocycles. The molecule has 0 saturated carbocycles. The molecule has 0 spiro atoms. The molecule has 1 atom stereocenters. The average Bonchev–Trinajstić information content (AvgIpc) is 2.22. The fraction of sp³-hybridized carbons (Fsp3) is 0.538. The lowest BCUT2D eigenvalue weighted by Crippen LogP contribution is -2.19. The molecule has 1 aliphatic rings. The molecular weight excluding hydrogens is 186 g/mol. The summed E-state index contributed by atoms with van der Waals surface area (Å²) < 4.78 is 0. The van der Waals surface area contributed by atoms with Gasteiger partial charge in [-0.2, -0.15) is 0 Å². The molecule has 2 nitrogen and oxygen atoms in total. The predicted molar refractivity (Wildman–Crippen MR) is 62.1 cm³/mol. The summed E-state index contributed by atoms with van der Waals surface area (Å²) in [6, 6.07) is 4.05. The molecule has 15 heavy (non-hydrogen) atoms. The van der Waals surface area contributed by atoms with Crippen molar-refractivity contribution in [3.05, 3.63) is 28.8 Å². The van der Waals surface area contributed by atoms with Gasteiger partial charge in [0.2, 0.25) is 0 Å². The number of phenolic OH excluding ortho intramolecular Hbond substituents is 1. The van der Waals surface area contributed by atoms with E-state index in [0.29, 0.717) is 5.75 Å². The summed E-state index contributed by atoms with van der Waals surface area (Å²) in [6.07, 6.45) is 5.48. The number of aromatic hydroxyl groups is 1. The third kappa shape index (κ3) is 2.15. The minimum Gasteiger partial charge on any atom is -0.508 e. The van der Waals surface area contributed by atoms with E-state index in [4.69, 9.17) is 5.73 Å². The van der Waals surface area contributed by atoms with Gasteiger partial charge in [-0.15, -0.1) is 0 Å². The van der Waals surface area contributed by atoms with Crippen molar-refractivity contribution in [3.63, 3.8) is 0 Å². The van der Waals surface area contributed by atoms with Crippen LogP contribution in [0.4, 0.5) is 0 Å². The molecule has 0 aromatic heterocycles. The van der Waals surface area contributed by atoms with Crippen molar-refractivity contribution < 1.29 is 5.11 Å². The van der Waals surface area contributed by atoms with Crippen LogP contribution in [0, 0.1) is 0 Å². The van der Waals surface area contributed by atoms with E-state index in [-0.39, 0.29) is 6.04 Å². The van der Waals surface area contributed by atoms with Crippen molar-refractivity contribution in [2.75, 3.05) is 0 Å². The lowest BCUT2D eigenvalue weighted by atomic mass is 9.86. The van der Waals surface area contributed by atoms with E-state index < -0.39 is 0 Å². The van der Waals surface area contributed by atoms with Gasteiger partial charge in [0.05, 0.1) is 0 Å². The molecule has 1 aliphatic carbocycles. The molecule has 0 radical (unpaired) electrons. The Labute approximate surface area is 91.1 Å². The van der Waals surface area contributed by atoms with Crippen LogP contribution in [0.3, 0.4) is 0 Å². The second kappa shape index (κ2) is 4.23. The maximum atomic E-state index is 9.78. The largest absolute Gasteiger partial charge is 0.508 e. The Morgan fingerprint density at radius 1 is 1.27 bits per heavy atom. The Balaban J connectivity index is 2.39. The minimum atomic E-state index is 0.195. The average molecular weight is 205 g/mol. The van der Waals surface area contributed by atoms with Crippen molar-refractivity contribution in [2.24, 2.45) is 5.73 Å². The SMILES string of the molecule is CC(N)Cc1ccc(O)c2c1CCCC2. The number of hydrogen-bond acceptors (Lipinski definition) is 2. The minimum absolute atomic E-state index is 0.195. The molecule has 0 fully saturated rings. The van der Waals surface area contributed by atoms with Crippen molar-refractivity contribution >= 4 is 0 Å². The summed E-state index contributed by atoms with van der Waals surface area (Å²) in [5.74, 6) is 0.470. The molecule has 2 rings (SSSR count). The van der Waals surface area contributed by atoms with Gasteiger partial charge in [-0.3, -0.25) is 0 Å². The van der Waals surface area contributed by atoms with Crippen LogP contribution in [0.25, 0.3) is 0 Å². The zero-order valence-electron chi connectivity index (χ0n) is 9.29. The summed E-state index contributed by atoms with van der Waals surface area (Å²) in [5, 5.41) is 9.78. The lowest BCUT2D eigenvalue weighted by Gasteiger charge is -2.21. The first-order valence-electron chi connectivity index (χ1n) is 5.76. The van der Waals surface area contributed by atoms with Gasteiger partial charge < -0.3 is 10.8 Å². The summed E-state index contributed by atoms with van der Waals surface area (Å²) in [4.78, 5) is 0. The molecule has 1 aromatic rings. The van der Waals surface area contributed by atoms with E-state index in [1.807, 2.05) is 19.1 Å². The highest BCUT2D eigenvalue weighted by atomic mass is 16.3. The van der Waals surface area contributed by atoms with Crippen molar-refractivity contribution in [3.8, 4) is 5.75 Å². The molecule has 0 heterocycles. The zero-order valence-corrected chi connectivity index (χ0v) is 9.29. The normalized spacial score (nSPS) is 17.2.